The van der Waals surface area contributed by atoms with Gasteiger partial charge in [-0.2, -0.15) is 0 Å². The van der Waals surface area contributed by atoms with Gasteiger partial charge in [0.2, 0.25) is 5.91 Å². The Morgan fingerprint density at radius 1 is 1.38 bits per heavy atom. The van der Waals surface area contributed by atoms with Crippen LogP contribution in [0.2, 0.25) is 10.0 Å². The minimum atomic E-state index is 0.0325. The van der Waals surface area contributed by atoms with Gasteiger partial charge < -0.3 is 10.2 Å². The summed E-state index contributed by atoms with van der Waals surface area (Å²) in [6.07, 6.45) is 0. The zero-order valence-corrected chi connectivity index (χ0v) is 10.8. The normalized spacial score (nSPS) is 10.2. The SMILES string of the molecule is CN(C)C(=O)CNCc1ccc(Cl)cc1Cl. The number of benzene rings is 1. The van der Waals surface area contributed by atoms with Gasteiger partial charge in [-0.3, -0.25) is 4.79 Å². The van der Waals surface area contributed by atoms with E-state index >= 15 is 0 Å². The van der Waals surface area contributed by atoms with Crippen LogP contribution in [0.15, 0.2) is 18.2 Å². The minimum absolute atomic E-state index is 0.0325. The molecule has 16 heavy (non-hydrogen) atoms. The molecule has 1 N–H and O–H groups in total. The van der Waals surface area contributed by atoms with Gasteiger partial charge in [-0.05, 0) is 17.7 Å². The van der Waals surface area contributed by atoms with Crippen LogP contribution in [-0.4, -0.2) is 31.4 Å². The van der Waals surface area contributed by atoms with E-state index in [1.165, 1.54) is 4.90 Å². The van der Waals surface area contributed by atoms with E-state index in [1.54, 1.807) is 26.2 Å². The molecule has 1 amide bonds. The van der Waals surface area contributed by atoms with Crippen LogP contribution < -0.4 is 5.32 Å². The van der Waals surface area contributed by atoms with Crippen molar-refractivity contribution in [1.29, 1.82) is 0 Å². The number of nitrogens with one attached hydrogen (secondary N) is 1. The lowest BCUT2D eigenvalue weighted by molar-refractivity contribution is -0.127. The van der Waals surface area contributed by atoms with Crippen LogP contribution >= 0.6 is 23.2 Å². The number of halogens is 2. The first kappa shape index (κ1) is 13.3. The second kappa shape index (κ2) is 6.09. The molecule has 1 rings (SSSR count). The van der Waals surface area contributed by atoms with Crippen LogP contribution in [0.3, 0.4) is 0 Å². The van der Waals surface area contributed by atoms with Crippen molar-refractivity contribution in [1.82, 2.24) is 10.2 Å². The van der Waals surface area contributed by atoms with E-state index in [0.717, 1.165) is 5.56 Å². The number of amides is 1. The van der Waals surface area contributed by atoms with Crippen molar-refractivity contribution in [2.45, 2.75) is 6.54 Å². The summed E-state index contributed by atoms with van der Waals surface area (Å²) in [6, 6.07) is 5.31. The highest BCUT2D eigenvalue weighted by molar-refractivity contribution is 6.35. The topological polar surface area (TPSA) is 32.3 Å². The van der Waals surface area contributed by atoms with Gasteiger partial charge >= 0.3 is 0 Å². The van der Waals surface area contributed by atoms with E-state index in [1.807, 2.05) is 6.07 Å². The Kier molecular flexibility index (Phi) is 5.06. The van der Waals surface area contributed by atoms with Gasteiger partial charge in [0.1, 0.15) is 0 Å². The van der Waals surface area contributed by atoms with Gasteiger partial charge in [0.05, 0.1) is 6.54 Å². The van der Waals surface area contributed by atoms with Gasteiger partial charge in [0.15, 0.2) is 0 Å². The molecule has 0 saturated carbocycles. The molecule has 1 aromatic carbocycles. The average Bonchev–Trinajstić information content (AvgIpc) is 2.20. The minimum Gasteiger partial charge on any atom is -0.348 e. The van der Waals surface area contributed by atoms with E-state index < -0.39 is 0 Å². The smallest absolute Gasteiger partial charge is 0.236 e. The Bertz CT molecular complexity index is 380. The molecule has 0 heterocycles. The standard InChI is InChI=1S/C11H14Cl2N2O/c1-15(2)11(16)7-14-6-8-3-4-9(12)5-10(8)13/h3-5,14H,6-7H2,1-2H3. The molecule has 0 fully saturated rings. The lowest BCUT2D eigenvalue weighted by Gasteiger charge is -2.11. The Labute approximate surface area is 105 Å². The number of nitrogens with zero attached hydrogens (tertiary/aromatic N) is 1. The van der Waals surface area contributed by atoms with Crippen molar-refractivity contribution < 1.29 is 4.79 Å². The van der Waals surface area contributed by atoms with Gasteiger partial charge in [-0.1, -0.05) is 29.3 Å². The molecule has 5 heteroatoms. The van der Waals surface area contributed by atoms with E-state index in [0.29, 0.717) is 23.1 Å². The Morgan fingerprint density at radius 2 is 2.06 bits per heavy atom. The fourth-order valence-electron chi connectivity index (χ4n) is 1.13. The van der Waals surface area contributed by atoms with Crippen molar-refractivity contribution in [3.8, 4) is 0 Å². The molecule has 1 aromatic rings. The number of rotatable bonds is 4. The summed E-state index contributed by atoms with van der Waals surface area (Å²) in [7, 11) is 3.44. The Hall–Kier alpha value is -0.770. The summed E-state index contributed by atoms with van der Waals surface area (Å²) in [6.45, 7) is 0.849. The van der Waals surface area contributed by atoms with Gasteiger partial charge in [-0.25, -0.2) is 0 Å². The molecule has 0 aliphatic rings. The summed E-state index contributed by atoms with van der Waals surface area (Å²) in [4.78, 5) is 12.8. The zero-order chi connectivity index (χ0) is 12.1. The summed E-state index contributed by atoms with van der Waals surface area (Å²) in [5.74, 6) is 0.0325. The largest absolute Gasteiger partial charge is 0.348 e. The van der Waals surface area contributed by atoms with Gasteiger partial charge in [-0.15, -0.1) is 0 Å². The maximum Gasteiger partial charge on any atom is 0.236 e. The van der Waals surface area contributed by atoms with Crippen molar-refractivity contribution >= 4 is 29.1 Å². The van der Waals surface area contributed by atoms with Crippen LogP contribution in [0.5, 0.6) is 0 Å². The van der Waals surface area contributed by atoms with Crippen molar-refractivity contribution in [3.63, 3.8) is 0 Å². The first-order valence-corrected chi connectivity index (χ1v) is 5.61. The summed E-state index contributed by atoms with van der Waals surface area (Å²) < 4.78 is 0. The number of likely N-dealkylation sites (N-methyl/N-ethyl adjacent to an activating group) is 1. The molecule has 0 radical (unpaired) electrons. The second-order valence-corrected chi connectivity index (χ2v) is 4.47. The van der Waals surface area contributed by atoms with Crippen molar-refractivity contribution in [2.24, 2.45) is 0 Å². The molecule has 0 bridgehead atoms. The van der Waals surface area contributed by atoms with E-state index in [9.17, 15) is 4.79 Å². The fourth-order valence-corrected chi connectivity index (χ4v) is 1.60. The molecule has 3 nitrogen and oxygen atoms in total. The van der Waals surface area contributed by atoms with Crippen molar-refractivity contribution in [2.75, 3.05) is 20.6 Å². The molecule has 0 atom stereocenters. The highest BCUT2D eigenvalue weighted by atomic mass is 35.5. The third-order valence-electron chi connectivity index (χ3n) is 2.11. The van der Waals surface area contributed by atoms with Crippen LogP contribution in [0.4, 0.5) is 0 Å². The number of hydrogen-bond donors (Lipinski definition) is 1. The van der Waals surface area contributed by atoms with E-state index in [4.69, 9.17) is 23.2 Å². The van der Waals surface area contributed by atoms with E-state index in [-0.39, 0.29) is 5.91 Å². The highest BCUT2D eigenvalue weighted by Gasteiger charge is 2.04. The molecule has 0 spiro atoms. The lowest BCUT2D eigenvalue weighted by Crippen LogP contribution is -2.32. The van der Waals surface area contributed by atoms with Crippen LogP contribution in [0.25, 0.3) is 0 Å². The lowest BCUT2D eigenvalue weighted by atomic mass is 10.2. The quantitative estimate of drug-likeness (QED) is 0.900. The molecule has 0 aromatic heterocycles. The molecular formula is C11H14Cl2N2O. The third-order valence-corrected chi connectivity index (χ3v) is 2.69. The summed E-state index contributed by atoms with van der Waals surface area (Å²) in [5, 5.41) is 4.24. The molecule has 0 saturated heterocycles. The predicted molar refractivity (Wildman–Crippen MR) is 66.9 cm³/mol. The summed E-state index contributed by atoms with van der Waals surface area (Å²) in [5.41, 5.74) is 0.928. The Morgan fingerprint density at radius 3 is 2.62 bits per heavy atom. The molecule has 0 unspecified atom stereocenters. The first-order chi connectivity index (χ1) is 7.50. The average molecular weight is 261 g/mol. The molecule has 0 aliphatic heterocycles. The van der Waals surface area contributed by atoms with Crippen molar-refractivity contribution in [3.05, 3.63) is 33.8 Å². The van der Waals surface area contributed by atoms with Gasteiger partial charge in [0, 0.05) is 30.7 Å². The monoisotopic (exact) mass is 260 g/mol. The number of carbonyl (C=O) groups is 1. The molecular weight excluding hydrogens is 247 g/mol. The van der Waals surface area contributed by atoms with Crippen LogP contribution in [0.1, 0.15) is 5.56 Å². The van der Waals surface area contributed by atoms with E-state index in [2.05, 4.69) is 5.32 Å². The highest BCUT2D eigenvalue weighted by Crippen LogP contribution is 2.20. The maximum atomic E-state index is 11.3. The fraction of sp³-hybridized carbons (Fsp3) is 0.364. The molecule has 0 aliphatic carbocycles. The Balaban J connectivity index is 2.46. The summed E-state index contributed by atoms with van der Waals surface area (Å²) >= 11 is 11.8. The predicted octanol–water partition coefficient (Wildman–Crippen LogP) is 2.17. The third kappa shape index (κ3) is 4.00. The number of hydrogen-bond acceptors (Lipinski definition) is 2. The zero-order valence-electron chi connectivity index (χ0n) is 9.26. The molecule has 88 valence electrons. The second-order valence-electron chi connectivity index (χ2n) is 3.63. The van der Waals surface area contributed by atoms with Gasteiger partial charge in [0.25, 0.3) is 0 Å². The van der Waals surface area contributed by atoms with Crippen LogP contribution in [-0.2, 0) is 11.3 Å². The van der Waals surface area contributed by atoms with Crippen LogP contribution in [0, 0.1) is 0 Å². The first-order valence-electron chi connectivity index (χ1n) is 4.85. The maximum absolute atomic E-state index is 11.3. The number of carbonyl (C=O) groups excluding carboxylic acids is 1.